The second-order valence-electron chi connectivity index (χ2n) is 6.77. The van der Waals surface area contributed by atoms with Gasteiger partial charge >= 0.3 is 0 Å². The number of carbonyl (C=O) groups is 1. The third-order valence-corrected chi connectivity index (χ3v) is 5.78. The van der Waals surface area contributed by atoms with Crippen molar-refractivity contribution >= 4 is 29.3 Å². The molecule has 1 aromatic carbocycles. The first kappa shape index (κ1) is 22.9. The fourth-order valence-corrected chi connectivity index (χ4v) is 4.26. The Hall–Kier alpha value is -1.81. The topological polar surface area (TPSA) is 54.5 Å². The van der Waals surface area contributed by atoms with Gasteiger partial charge in [-0.25, -0.2) is 9.37 Å². The molecule has 1 saturated heterocycles. The Morgan fingerprint density at radius 3 is 2.90 bits per heavy atom. The number of nitrogens with one attached hydrogen (secondary N) is 1. The minimum Gasteiger partial charge on any atom is -0.376 e. The summed E-state index contributed by atoms with van der Waals surface area (Å²) in [5, 5.41) is 2.92. The van der Waals surface area contributed by atoms with Crippen molar-refractivity contribution in [2.75, 3.05) is 26.2 Å². The Balaban J connectivity index is 1.83. The normalized spacial score (nSPS) is 18.4. The largest absolute Gasteiger partial charge is 0.376 e. The average molecular weight is 460 g/mol. The Morgan fingerprint density at radius 2 is 2.20 bits per heavy atom. The number of ether oxygens (including phenoxy) is 1. The molecule has 0 saturated carbocycles. The Kier molecular flexibility index (Phi) is 7.99. The van der Waals surface area contributed by atoms with Gasteiger partial charge in [0.1, 0.15) is 10.8 Å². The summed E-state index contributed by atoms with van der Waals surface area (Å²) in [5.74, 6) is -3.74. The number of hydrogen-bond acceptors (Lipinski definition) is 5. The summed E-state index contributed by atoms with van der Waals surface area (Å²) in [6, 6.07) is 6.81. The molecule has 2 aromatic rings. The van der Waals surface area contributed by atoms with Crippen molar-refractivity contribution in [2.24, 2.45) is 0 Å². The van der Waals surface area contributed by atoms with Crippen LogP contribution in [-0.4, -0.2) is 53.9 Å². The highest BCUT2D eigenvalue weighted by molar-refractivity contribution is 7.99. The fraction of sp³-hybridized carbons (Fsp3) is 0.400. The van der Waals surface area contributed by atoms with Gasteiger partial charge in [-0.05, 0) is 43.0 Å². The lowest BCUT2D eigenvalue weighted by atomic mass is 10.0. The highest BCUT2D eigenvalue weighted by Gasteiger charge is 2.30. The number of halogens is 4. The molecule has 0 spiro atoms. The molecular formula is C20H21ClF3N3O2S. The number of carbonyl (C=O) groups excluding carboxylic acids is 1. The van der Waals surface area contributed by atoms with E-state index in [1.807, 2.05) is 11.8 Å². The van der Waals surface area contributed by atoms with Crippen LogP contribution in [0, 0.1) is 5.82 Å². The van der Waals surface area contributed by atoms with Gasteiger partial charge < -0.3 is 10.1 Å². The molecule has 30 heavy (non-hydrogen) atoms. The van der Waals surface area contributed by atoms with Crippen LogP contribution in [0.3, 0.4) is 0 Å². The van der Waals surface area contributed by atoms with Crippen molar-refractivity contribution in [3.8, 4) is 0 Å². The van der Waals surface area contributed by atoms with Gasteiger partial charge in [-0.1, -0.05) is 17.7 Å². The summed E-state index contributed by atoms with van der Waals surface area (Å²) in [4.78, 5) is 18.6. The number of pyridine rings is 1. The van der Waals surface area contributed by atoms with E-state index in [-0.39, 0.29) is 45.6 Å². The van der Waals surface area contributed by atoms with Crippen LogP contribution in [-0.2, 0) is 4.74 Å². The predicted octanol–water partition coefficient (Wildman–Crippen LogP) is 4.38. The molecule has 3 rings (SSSR count). The molecule has 0 radical (unpaired) electrons. The van der Waals surface area contributed by atoms with E-state index in [0.29, 0.717) is 19.7 Å². The summed E-state index contributed by atoms with van der Waals surface area (Å²) < 4.78 is 45.8. The van der Waals surface area contributed by atoms with Gasteiger partial charge in [-0.3, -0.25) is 9.69 Å². The SMILES string of the molecule is CC1CN(C(CNC(=O)c2cccnc2SC(F)F)c2c(F)cccc2Cl)CCO1. The van der Waals surface area contributed by atoms with Crippen LogP contribution in [0.5, 0.6) is 0 Å². The van der Waals surface area contributed by atoms with Crippen molar-refractivity contribution < 1.29 is 22.7 Å². The Bertz CT molecular complexity index is 870. The molecule has 1 aromatic heterocycles. The van der Waals surface area contributed by atoms with Crippen LogP contribution in [0.15, 0.2) is 41.6 Å². The van der Waals surface area contributed by atoms with E-state index in [4.69, 9.17) is 16.3 Å². The number of amides is 1. The molecule has 1 aliphatic heterocycles. The van der Waals surface area contributed by atoms with Gasteiger partial charge in [-0.2, -0.15) is 8.78 Å². The van der Waals surface area contributed by atoms with E-state index in [1.165, 1.54) is 30.5 Å². The smallest absolute Gasteiger partial charge is 0.290 e. The number of aromatic nitrogens is 1. The molecule has 0 bridgehead atoms. The number of morpholine rings is 1. The maximum Gasteiger partial charge on any atom is 0.290 e. The van der Waals surface area contributed by atoms with Gasteiger partial charge in [0.15, 0.2) is 0 Å². The maximum atomic E-state index is 14.7. The molecule has 1 amide bonds. The third-order valence-electron chi connectivity index (χ3n) is 4.72. The van der Waals surface area contributed by atoms with Crippen molar-refractivity contribution in [2.45, 2.75) is 29.9 Å². The Morgan fingerprint density at radius 1 is 1.40 bits per heavy atom. The summed E-state index contributed by atoms with van der Waals surface area (Å²) in [6.45, 7) is 3.49. The second-order valence-corrected chi connectivity index (χ2v) is 8.16. The van der Waals surface area contributed by atoms with Gasteiger partial charge in [-0.15, -0.1) is 0 Å². The van der Waals surface area contributed by atoms with Gasteiger partial charge in [0.25, 0.3) is 11.7 Å². The molecule has 5 nitrogen and oxygen atoms in total. The van der Waals surface area contributed by atoms with Crippen LogP contribution < -0.4 is 5.32 Å². The summed E-state index contributed by atoms with van der Waals surface area (Å²) in [5.41, 5.74) is 0.318. The zero-order valence-corrected chi connectivity index (χ0v) is 17.7. The van der Waals surface area contributed by atoms with Gasteiger partial charge in [0.2, 0.25) is 0 Å². The molecule has 2 atom stereocenters. The van der Waals surface area contributed by atoms with E-state index in [0.717, 1.165) is 0 Å². The van der Waals surface area contributed by atoms with Crippen LogP contribution in [0.1, 0.15) is 28.9 Å². The molecular weight excluding hydrogens is 439 g/mol. The molecule has 162 valence electrons. The van der Waals surface area contributed by atoms with Crippen LogP contribution >= 0.6 is 23.4 Å². The standard InChI is InChI=1S/C20H21ClF3N3O2S/c1-12-11-27(8-9-29-12)16(17-14(21)5-2-6-15(17)22)10-26-18(28)13-4-3-7-25-19(13)30-20(23)24/h2-7,12,16,20H,8-11H2,1H3,(H,26,28). The fourth-order valence-electron chi connectivity index (χ4n) is 3.40. The molecule has 10 heteroatoms. The highest BCUT2D eigenvalue weighted by Crippen LogP contribution is 2.31. The van der Waals surface area contributed by atoms with Crippen LogP contribution in [0.25, 0.3) is 0 Å². The first-order valence-corrected chi connectivity index (χ1v) is 10.6. The number of thioether (sulfide) groups is 1. The summed E-state index contributed by atoms with van der Waals surface area (Å²) in [7, 11) is 0. The van der Waals surface area contributed by atoms with Crippen LogP contribution in [0.2, 0.25) is 5.02 Å². The van der Waals surface area contributed by atoms with E-state index >= 15 is 0 Å². The lowest BCUT2D eigenvalue weighted by Gasteiger charge is -2.38. The molecule has 0 aliphatic carbocycles. The van der Waals surface area contributed by atoms with E-state index in [9.17, 15) is 18.0 Å². The molecule has 1 fully saturated rings. The zero-order chi connectivity index (χ0) is 21.7. The third kappa shape index (κ3) is 5.66. The maximum absolute atomic E-state index is 14.7. The van der Waals surface area contributed by atoms with E-state index < -0.39 is 23.5 Å². The average Bonchev–Trinajstić information content (AvgIpc) is 2.70. The quantitative estimate of drug-likeness (QED) is 0.623. The van der Waals surface area contributed by atoms with E-state index in [1.54, 1.807) is 6.07 Å². The summed E-state index contributed by atoms with van der Waals surface area (Å²) >= 11 is 6.49. The van der Waals surface area contributed by atoms with Crippen LogP contribution in [0.4, 0.5) is 13.2 Å². The van der Waals surface area contributed by atoms with E-state index in [2.05, 4.69) is 10.3 Å². The predicted molar refractivity (Wildman–Crippen MR) is 110 cm³/mol. The second kappa shape index (κ2) is 10.5. The molecule has 2 heterocycles. The van der Waals surface area contributed by atoms with Crippen molar-refractivity contribution in [3.05, 3.63) is 58.5 Å². The molecule has 1 aliphatic rings. The number of alkyl halides is 2. The first-order valence-electron chi connectivity index (χ1n) is 9.34. The number of hydrogen-bond donors (Lipinski definition) is 1. The minimum absolute atomic E-state index is 0.0385. The Labute approximate surface area is 181 Å². The monoisotopic (exact) mass is 459 g/mol. The highest BCUT2D eigenvalue weighted by atomic mass is 35.5. The van der Waals surface area contributed by atoms with Gasteiger partial charge in [0.05, 0.1) is 24.3 Å². The lowest BCUT2D eigenvalue weighted by Crippen LogP contribution is -2.47. The number of nitrogens with zero attached hydrogens (tertiary/aromatic N) is 2. The van der Waals surface area contributed by atoms with Gasteiger partial charge in [0, 0.05) is 36.4 Å². The lowest BCUT2D eigenvalue weighted by molar-refractivity contribution is -0.0346. The first-order chi connectivity index (χ1) is 14.4. The van der Waals surface area contributed by atoms with Crippen molar-refractivity contribution in [1.82, 2.24) is 15.2 Å². The molecule has 1 N–H and O–H groups in total. The number of benzene rings is 1. The molecule has 2 unspecified atom stereocenters. The zero-order valence-electron chi connectivity index (χ0n) is 16.2. The number of rotatable bonds is 7. The van der Waals surface area contributed by atoms with Crippen molar-refractivity contribution in [3.63, 3.8) is 0 Å². The summed E-state index contributed by atoms with van der Waals surface area (Å²) in [6.07, 6.45) is 1.29. The minimum atomic E-state index is -2.70. The van der Waals surface area contributed by atoms with Crippen molar-refractivity contribution in [1.29, 1.82) is 0 Å².